The number of nitrogens with two attached hydrogens (primary N) is 1. The van der Waals surface area contributed by atoms with Crippen LogP contribution in [0.3, 0.4) is 0 Å². The summed E-state index contributed by atoms with van der Waals surface area (Å²) in [7, 11) is 1.36. The van der Waals surface area contributed by atoms with Crippen LogP contribution in [0.4, 0.5) is 0 Å². The van der Waals surface area contributed by atoms with Gasteiger partial charge in [0.05, 0.1) is 13.7 Å². The van der Waals surface area contributed by atoms with Gasteiger partial charge in [0.25, 0.3) is 0 Å². The quantitative estimate of drug-likeness (QED) is 0.650. The number of rotatable bonds is 3. The fourth-order valence-electron chi connectivity index (χ4n) is 1.72. The molecule has 0 aromatic rings. The maximum absolute atomic E-state index is 11.4. The van der Waals surface area contributed by atoms with Crippen LogP contribution in [0.1, 0.15) is 13.3 Å². The Morgan fingerprint density at radius 2 is 2.27 bits per heavy atom. The number of esters is 1. The third kappa shape index (κ3) is 3.77. The predicted molar refractivity (Wildman–Crippen MR) is 56.5 cm³/mol. The van der Waals surface area contributed by atoms with Crippen molar-refractivity contribution in [1.82, 2.24) is 4.90 Å². The van der Waals surface area contributed by atoms with Gasteiger partial charge < -0.3 is 15.2 Å². The van der Waals surface area contributed by atoms with Gasteiger partial charge in [0.15, 0.2) is 0 Å². The largest absolute Gasteiger partial charge is 0.468 e. The van der Waals surface area contributed by atoms with Gasteiger partial charge in [0, 0.05) is 26.2 Å². The van der Waals surface area contributed by atoms with Crippen LogP contribution in [0.2, 0.25) is 0 Å². The summed E-state index contributed by atoms with van der Waals surface area (Å²) in [5.74, 6) is -0.368. The summed E-state index contributed by atoms with van der Waals surface area (Å²) < 4.78 is 9.99. The van der Waals surface area contributed by atoms with Crippen LogP contribution in [0.15, 0.2) is 0 Å². The zero-order valence-electron chi connectivity index (χ0n) is 9.49. The second-order valence-electron chi connectivity index (χ2n) is 4.15. The van der Waals surface area contributed by atoms with Crippen molar-refractivity contribution in [2.45, 2.75) is 18.9 Å². The van der Waals surface area contributed by atoms with E-state index in [1.807, 2.05) is 0 Å². The normalized spacial score (nSPS) is 22.9. The Bertz CT molecular complexity index is 211. The van der Waals surface area contributed by atoms with Crippen LogP contribution in [-0.4, -0.2) is 56.4 Å². The molecule has 0 radical (unpaired) electrons. The van der Waals surface area contributed by atoms with E-state index in [2.05, 4.69) is 9.64 Å². The van der Waals surface area contributed by atoms with Crippen LogP contribution in [-0.2, 0) is 14.3 Å². The van der Waals surface area contributed by atoms with Gasteiger partial charge in [-0.3, -0.25) is 9.69 Å². The average molecular weight is 216 g/mol. The maximum Gasteiger partial charge on any atom is 0.326 e. The first-order chi connectivity index (χ1) is 7.06. The zero-order chi connectivity index (χ0) is 11.3. The van der Waals surface area contributed by atoms with Crippen LogP contribution in [0.25, 0.3) is 0 Å². The van der Waals surface area contributed by atoms with E-state index in [0.717, 1.165) is 26.1 Å². The Kier molecular flexibility index (Phi) is 4.50. The van der Waals surface area contributed by atoms with E-state index in [1.165, 1.54) is 7.11 Å². The molecular formula is C10H20N2O3. The van der Waals surface area contributed by atoms with E-state index in [1.54, 1.807) is 6.92 Å². The minimum absolute atomic E-state index is 0.368. The Morgan fingerprint density at radius 1 is 1.53 bits per heavy atom. The van der Waals surface area contributed by atoms with Crippen molar-refractivity contribution in [1.29, 1.82) is 0 Å². The highest BCUT2D eigenvalue weighted by atomic mass is 16.5. The molecule has 0 aliphatic carbocycles. The monoisotopic (exact) mass is 216 g/mol. The van der Waals surface area contributed by atoms with Crippen LogP contribution in [0.5, 0.6) is 0 Å². The molecule has 5 heteroatoms. The van der Waals surface area contributed by atoms with Crippen molar-refractivity contribution >= 4 is 5.97 Å². The third-order valence-electron chi connectivity index (χ3n) is 2.52. The van der Waals surface area contributed by atoms with E-state index >= 15 is 0 Å². The van der Waals surface area contributed by atoms with Gasteiger partial charge in [-0.25, -0.2) is 0 Å². The van der Waals surface area contributed by atoms with E-state index in [9.17, 15) is 4.79 Å². The molecule has 0 aromatic carbocycles. The zero-order valence-corrected chi connectivity index (χ0v) is 9.49. The molecule has 1 fully saturated rings. The minimum Gasteiger partial charge on any atom is -0.468 e. The first-order valence-electron chi connectivity index (χ1n) is 5.23. The van der Waals surface area contributed by atoms with Crippen LogP contribution in [0, 0.1) is 0 Å². The van der Waals surface area contributed by atoms with Crippen molar-refractivity contribution in [3.05, 3.63) is 0 Å². The van der Waals surface area contributed by atoms with Gasteiger partial charge in [0.2, 0.25) is 0 Å². The Hall–Kier alpha value is -0.650. The van der Waals surface area contributed by atoms with Crippen molar-refractivity contribution in [2.75, 3.05) is 40.0 Å². The minimum atomic E-state index is -0.931. The van der Waals surface area contributed by atoms with Gasteiger partial charge in [-0.1, -0.05) is 0 Å². The number of ether oxygens (including phenoxy) is 2. The Labute approximate surface area is 90.5 Å². The fraction of sp³-hybridized carbons (Fsp3) is 0.900. The number of carbonyl (C=O) groups excluding carboxylic acids is 1. The number of hydrogen-bond acceptors (Lipinski definition) is 5. The summed E-state index contributed by atoms with van der Waals surface area (Å²) in [6, 6.07) is 0. The summed E-state index contributed by atoms with van der Waals surface area (Å²) in [6.45, 7) is 5.45. The molecule has 1 unspecified atom stereocenters. The van der Waals surface area contributed by atoms with Crippen LogP contribution < -0.4 is 5.73 Å². The standard InChI is InChI=1S/C10H20N2O3/c1-10(11,9(13)14-2)8-12-4-3-6-15-7-5-12/h3-8,11H2,1-2H3. The molecule has 1 aliphatic heterocycles. The maximum atomic E-state index is 11.4. The second kappa shape index (κ2) is 5.44. The fourth-order valence-corrected chi connectivity index (χ4v) is 1.72. The molecule has 15 heavy (non-hydrogen) atoms. The molecule has 0 spiro atoms. The summed E-state index contributed by atoms with van der Waals surface area (Å²) in [5.41, 5.74) is 4.96. The Balaban J connectivity index is 2.47. The van der Waals surface area contributed by atoms with Crippen molar-refractivity contribution in [3.8, 4) is 0 Å². The molecular weight excluding hydrogens is 196 g/mol. The smallest absolute Gasteiger partial charge is 0.326 e. The first-order valence-corrected chi connectivity index (χ1v) is 5.23. The van der Waals surface area contributed by atoms with Crippen molar-refractivity contribution in [2.24, 2.45) is 5.73 Å². The van der Waals surface area contributed by atoms with E-state index in [-0.39, 0.29) is 5.97 Å². The molecule has 5 nitrogen and oxygen atoms in total. The molecule has 2 N–H and O–H groups in total. The molecule has 0 bridgehead atoms. The molecule has 0 aromatic heterocycles. The first kappa shape index (κ1) is 12.4. The summed E-state index contributed by atoms with van der Waals surface area (Å²) in [6.07, 6.45) is 0.983. The summed E-state index contributed by atoms with van der Waals surface area (Å²) >= 11 is 0. The van der Waals surface area contributed by atoms with Gasteiger partial charge >= 0.3 is 5.97 Å². The van der Waals surface area contributed by atoms with Crippen molar-refractivity contribution in [3.63, 3.8) is 0 Å². The molecule has 1 heterocycles. The summed E-state index contributed by atoms with van der Waals surface area (Å²) in [4.78, 5) is 13.5. The highest BCUT2D eigenvalue weighted by Crippen LogP contribution is 2.08. The number of hydrogen-bond donors (Lipinski definition) is 1. The Morgan fingerprint density at radius 3 is 2.93 bits per heavy atom. The molecule has 1 aliphatic rings. The highest BCUT2D eigenvalue weighted by Gasteiger charge is 2.31. The number of methoxy groups -OCH3 is 1. The van der Waals surface area contributed by atoms with Crippen LogP contribution >= 0.6 is 0 Å². The molecule has 0 saturated carbocycles. The topological polar surface area (TPSA) is 64.8 Å². The van der Waals surface area contributed by atoms with E-state index in [4.69, 9.17) is 10.5 Å². The van der Waals surface area contributed by atoms with E-state index in [0.29, 0.717) is 13.2 Å². The lowest BCUT2D eigenvalue weighted by Gasteiger charge is -2.29. The molecule has 88 valence electrons. The molecule has 1 rings (SSSR count). The lowest BCUT2D eigenvalue weighted by molar-refractivity contribution is -0.147. The lowest BCUT2D eigenvalue weighted by Crippen LogP contribution is -2.54. The number of nitrogens with zero attached hydrogens (tertiary/aromatic N) is 1. The van der Waals surface area contributed by atoms with E-state index < -0.39 is 5.54 Å². The molecule has 1 saturated heterocycles. The van der Waals surface area contributed by atoms with Gasteiger partial charge in [-0.05, 0) is 13.3 Å². The third-order valence-corrected chi connectivity index (χ3v) is 2.52. The molecule has 0 amide bonds. The SMILES string of the molecule is COC(=O)C(C)(N)CN1CCCOCC1. The van der Waals surface area contributed by atoms with Gasteiger partial charge in [0.1, 0.15) is 5.54 Å². The number of carbonyl (C=O) groups is 1. The summed E-state index contributed by atoms with van der Waals surface area (Å²) in [5, 5.41) is 0. The van der Waals surface area contributed by atoms with Gasteiger partial charge in [-0.15, -0.1) is 0 Å². The predicted octanol–water partition coefficient (Wildman–Crippen LogP) is -0.401. The van der Waals surface area contributed by atoms with Gasteiger partial charge in [-0.2, -0.15) is 0 Å². The highest BCUT2D eigenvalue weighted by molar-refractivity contribution is 5.80. The molecule has 1 atom stereocenters. The second-order valence-corrected chi connectivity index (χ2v) is 4.15. The van der Waals surface area contributed by atoms with Crippen molar-refractivity contribution < 1.29 is 14.3 Å². The average Bonchev–Trinajstić information content (AvgIpc) is 2.44. The lowest BCUT2D eigenvalue weighted by atomic mass is 10.0.